The van der Waals surface area contributed by atoms with Gasteiger partial charge in [0, 0.05) is 45.5 Å². The maximum absolute atomic E-state index is 13.1. The number of amides is 2. The Kier molecular flexibility index (Phi) is 9.34. The Labute approximate surface area is 219 Å². The summed E-state index contributed by atoms with van der Waals surface area (Å²) in [5, 5.41) is 8.13. The lowest BCUT2D eigenvalue weighted by molar-refractivity contribution is -0.137. The number of nitrogens with zero attached hydrogens (tertiary/aromatic N) is 5. The number of carbonyl (C=O) groups is 2. The van der Waals surface area contributed by atoms with E-state index in [-0.39, 0.29) is 16.4 Å². The van der Waals surface area contributed by atoms with Gasteiger partial charge in [-0.25, -0.2) is 15.0 Å². The smallest absolute Gasteiger partial charge is 0.354 e. The summed E-state index contributed by atoms with van der Waals surface area (Å²) in [6.07, 6.45) is -1.08. The van der Waals surface area contributed by atoms with E-state index >= 15 is 0 Å². The number of thiazole rings is 1. The molecule has 1 unspecified atom stereocenters. The van der Waals surface area contributed by atoms with Crippen molar-refractivity contribution < 1.29 is 22.8 Å². The summed E-state index contributed by atoms with van der Waals surface area (Å²) in [6.45, 7) is 8.26. The first-order valence-corrected chi connectivity index (χ1v) is 12.1. The van der Waals surface area contributed by atoms with E-state index < -0.39 is 34.6 Å². The van der Waals surface area contributed by atoms with Crippen LogP contribution in [0.2, 0.25) is 5.02 Å². The largest absolute Gasteiger partial charge is 0.418 e. The second-order valence-corrected chi connectivity index (χ2v) is 9.24. The zero-order chi connectivity index (χ0) is 27.2. The van der Waals surface area contributed by atoms with Crippen LogP contribution in [-0.2, 0) is 11.0 Å². The topological polar surface area (TPSA) is 124 Å². The molecule has 3 heterocycles. The molecule has 0 aliphatic carbocycles. The second-order valence-electron chi connectivity index (χ2n) is 7.77. The van der Waals surface area contributed by atoms with Gasteiger partial charge in [-0.05, 0) is 19.7 Å². The molecule has 198 valence electrons. The molecule has 1 saturated heterocycles. The molecule has 0 saturated carbocycles. The highest BCUT2D eigenvalue weighted by atomic mass is 35.5. The monoisotopic (exact) mass is 556 g/mol. The number of hydrogen-bond acceptors (Lipinski definition) is 9. The maximum Gasteiger partial charge on any atom is 0.418 e. The Hall–Kier alpha value is -3.36. The van der Waals surface area contributed by atoms with Gasteiger partial charge in [0.25, 0.3) is 11.8 Å². The number of nitrogens with one attached hydrogen (secondary N) is 3. The molecule has 3 N–H and O–H groups in total. The molecule has 2 amide bonds. The molecular weight excluding hydrogens is 533 g/mol. The average molecular weight is 557 g/mol. The van der Waals surface area contributed by atoms with Crippen molar-refractivity contribution in [2.24, 2.45) is 9.98 Å². The van der Waals surface area contributed by atoms with Gasteiger partial charge in [0.15, 0.2) is 0 Å². The summed E-state index contributed by atoms with van der Waals surface area (Å²) in [5.41, 5.74) is -0.980. The third-order valence-corrected chi connectivity index (χ3v) is 6.69. The third kappa shape index (κ3) is 7.33. The fourth-order valence-corrected chi connectivity index (χ4v) is 4.34. The predicted molar refractivity (Wildman–Crippen MR) is 136 cm³/mol. The number of pyridine rings is 1. The molecule has 1 aliphatic rings. The zero-order valence-corrected chi connectivity index (χ0v) is 21.5. The van der Waals surface area contributed by atoms with Crippen molar-refractivity contribution in [3.05, 3.63) is 50.8 Å². The molecule has 3 rings (SSSR count). The van der Waals surface area contributed by atoms with E-state index in [4.69, 9.17) is 11.6 Å². The van der Waals surface area contributed by atoms with Crippen molar-refractivity contribution in [1.82, 2.24) is 25.5 Å². The van der Waals surface area contributed by atoms with Crippen molar-refractivity contribution in [1.29, 1.82) is 0 Å². The number of carbonyl (C=O) groups excluding carboxylic acids is 2. The summed E-state index contributed by atoms with van der Waals surface area (Å²) in [6, 6.07) is 0.0609. The van der Waals surface area contributed by atoms with E-state index in [0.29, 0.717) is 30.0 Å². The molecule has 10 nitrogen and oxygen atoms in total. The lowest BCUT2D eigenvalue weighted by Crippen LogP contribution is -2.43. The Morgan fingerprint density at radius 2 is 2.00 bits per heavy atom. The number of alkyl halides is 3. The SMILES string of the molecule is C=N/C(=C\C(=N/C)C(=O)NC(C)c1ncc(C(=O)Nc2cc(C(F)(F)F)c(Cl)cn2)s1)N1CCNCC1. The van der Waals surface area contributed by atoms with Crippen molar-refractivity contribution in [2.75, 3.05) is 38.5 Å². The van der Waals surface area contributed by atoms with Crippen LogP contribution >= 0.6 is 22.9 Å². The van der Waals surface area contributed by atoms with E-state index in [1.807, 2.05) is 4.90 Å². The summed E-state index contributed by atoms with van der Waals surface area (Å²) < 4.78 is 39.2. The van der Waals surface area contributed by atoms with Gasteiger partial charge in [0.2, 0.25) is 0 Å². The highest BCUT2D eigenvalue weighted by molar-refractivity contribution is 7.13. The predicted octanol–water partition coefficient (Wildman–Crippen LogP) is 3.16. The minimum absolute atomic E-state index is 0.113. The summed E-state index contributed by atoms with van der Waals surface area (Å²) in [7, 11) is 1.48. The van der Waals surface area contributed by atoms with Crippen LogP contribution in [-0.4, -0.2) is 72.3 Å². The van der Waals surface area contributed by atoms with E-state index in [9.17, 15) is 22.8 Å². The Balaban J connectivity index is 1.66. The molecule has 0 bridgehead atoms. The third-order valence-electron chi connectivity index (χ3n) is 5.21. The molecule has 2 aromatic heterocycles. The van der Waals surface area contributed by atoms with Crippen LogP contribution in [0, 0.1) is 0 Å². The number of aromatic nitrogens is 2. The van der Waals surface area contributed by atoms with Crippen molar-refractivity contribution >= 4 is 53.0 Å². The minimum Gasteiger partial charge on any atom is -0.354 e. The second kappa shape index (κ2) is 12.3. The van der Waals surface area contributed by atoms with Gasteiger partial charge >= 0.3 is 6.18 Å². The van der Waals surface area contributed by atoms with Crippen molar-refractivity contribution in [3.63, 3.8) is 0 Å². The molecule has 0 spiro atoms. The first-order valence-electron chi connectivity index (χ1n) is 10.9. The van der Waals surface area contributed by atoms with E-state index in [1.165, 1.54) is 13.2 Å². The molecule has 1 atom stereocenters. The van der Waals surface area contributed by atoms with Gasteiger partial charge in [-0.3, -0.25) is 14.6 Å². The van der Waals surface area contributed by atoms with Crippen LogP contribution in [0.1, 0.15) is 33.2 Å². The van der Waals surface area contributed by atoms with Gasteiger partial charge in [-0.1, -0.05) is 11.6 Å². The lowest BCUT2D eigenvalue weighted by atomic mass is 10.2. The summed E-state index contributed by atoms with van der Waals surface area (Å²) >= 11 is 6.53. The Morgan fingerprint density at radius 3 is 2.62 bits per heavy atom. The lowest BCUT2D eigenvalue weighted by Gasteiger charge is -2.29. The summed E-state index contributed by atoms with van der Waals surface area (Å²) in [5.74, 6) is -0.966. The van der Waals surface area contributed by atoms with Gasteiger partial charge in [-0.2, -0.15) is 13.2 Å². The average Bonchev–Trinajstić information content (AvgIpc) is 3.36. The number of aliphatic imine (C=N–C) groups is 2. The Morgan fingerprint density at radius 1 is 1.30 bits per heavy atom. The van der Waals surface area contributed by atoms with Gasteiger partial charge < -0.3 is 20.9 Å². The molecule has 2 aromatic rings. The fraction of sp³-hybridized carbons (Fsp3) is 0.364. The molecular formula is C22H24ClF3N8O2S. The van der Waals surface area contributed by atoms with Gasteiger partial charge in [0.05, 0.1) is 22.8 Å². The highest BCUT2D eigenvalue weighted by Crippen LogP contribution is 2.35. The van der Waals surface area contributed by atoms with Crippen LogP contribution in [0.4, 0.5) is 19.0 Å². The van der Waals surface area contributed by atoms with Crippen LogP contribution in [0.15, 0.2) is 40.3 Å². The fourth-order valence-electron chi connectivity index (χ4n) is 3.31. The molecule has 1 aliphatic heterocycles. The zero-order valence-electron chi connectivity index (χ0n) is 19.9. The number of halogens is 4. The van der Waals surface area contributed by atoms with Gasteiger partial charge in [0.1, 0.15) is 27.2 Å². The highest BCUT2D eigenvalue weighted by Gasteiger charge is 2.34. The van der Waals surface area contributed by atoms with Crippen LogP contribution < -0.4 is 16.0 Å². The van der Waals surface area contributed by atoms with E-state index in [1.54, 1.807) is 13.0 Å². The summed E-state index contributed by atoms with van der Waals surface area (Å²) in [4.78, 5) is 43.4. The molecule has 0 aromatic carbocycles. The quantitative estimate of drug-likeness (QED) is 0.429. The van der Waals surface area contributed by atoms with Crippen LogP contribution in [0.25, 0.3) is 0 Å². The molecule has 0 radical (unpaired) electrons. The van der Waals surface area contributed by atoms with Crippen molar-refractivity contribution in [2.45, 2.75) is 19.1 Å². The van der Waals surface area contributed by atoms with Crippen molar-refractivity contribution in [3.8, 4) is 0 Å². The number of piperazine rings is 1. The molecule has 1 fully saturated rings. The van der Waals surface area contributed by atoms with E-state index in [2.05, 4.69) is 42.6 Å². The van der Waals surface area contributed by atoms with Gasteiger partial charge in [-0.15, -0.1) is 11.3 Å². The molecule has 37 heavy (non-hydrogen) atoms. The van der Waals surface area contributed by atoms with Crippen LogP contribution in [0.3, 0.4) is 0 Å². The maximum atomic E-state index is 13.1. The number of anilines is 1. The number of rotatable bonds is 8. The first kappa shape index (κ1) is 28.2. The minimum atomic E-state index is -4.70. The first-order chi connectivity index (χ1) is 17.5. The standard InChI is InChI=1S/C22H24ClF3N8O2S/c1-12(32-19(35)15(27-2)9-18(28-3)34-6-4-29-5-7-34)21-31-11-16(37-21)20(36)33-17-8-13(22(24,25)26)14(23)10-30-17/h8-12,29H,3-7H2,1-2H3,(H,32,35)(H,30,33,36)/b18-9+,27-15+. The normalized spacial score (nSPS) is 15.8. The number of hydrogen-bond donors (Lipinski definition) is 3. The van der Waals surface area contributed by atoms with E-state index in [0.717, 1.165) is 30.6 Å². The van der Waals surface area contributed by atoms with Crippen LogP contribution in [0.5, 0.6) is 0 Å². The Bertz CT molecular complexity index is 1220. The molecule has 15 heteroatoms.